The number of halogens is 3. The number of urea groups is 1. The first-order valence-corrected chi connectivity index (χ1v) is 9.24. The van der Waals surface area contributed by atoms with Crippen molar-refractivity contribution in [2.45, 2.75) is 57.2 Å². The number of benzene rings is 1. The van der Waals surface area contributed by atoms with Gasteiger partial charge in [0.2, 0.25) is 5.91 Å². The molecule has 1 heterocycles. The number of aryl methyl sites for hydroxylation is 1. The summed E-state index contributed by atoms with van der Waals surface area (Å²) in [5.74, 6) is -0.719. The first kappa shape index (κ1) is 20.2. The van der Waals surface area contributed by atoms with Gasteiger partial charge in [-0.2, -0.15) is 13.2 Å². The zero-order chi connectivity index (χ0) is 20.5. The van der Waals surface area contributed by atoms with Crippen molar-refractivity contribution in [2.75, 3.05) is 11.9 Å². The first-order chi connectivity index (χ1) is 13.1. The van der Waals surface area contributed by atoms with Crippen LogP contribution in [0.15, 0.2) is 18.2 Å². The SMILES string of the molecule is Cc1ccc(NC(=O)CCCN2C(=O)NC3(CCCC3)C2=O)cc1C(F)(F)F. The largest absolute Gasteiger partial charge is 0.416 e. The number of carbonyl (C=O) groups is 3. The Labute approximate surface area is 160 Å². The van der Waals surface area contributed by atoms with E-state index >= 15 is 0 Å². The van der Waals surface area contributed by atoms with Gasteiger partial charge in [0.15, 0.2) is 0 Å². The van der Waals surface area contributed by atoms with Crippen molar-refractivity contribution >= 4 is 23.5 Å². The van der Waals surface area contributed by atoms with Crippen LogP contribution in [-0.4, -0.2) is 34.8 Å². The number of rotatable bonds is 5. The van der Waals surface area contributed by atoms with Crippen molar-refractivity contribution < 1.29 is 27.6 Å². The third-order valence-corrected chi connectivity index (χ3v) is 5.32. The number of hydrogen-bond donors (Lipinski definition) is 2. The van der Waals surface area contributed by atoms with Crippen molar-refractivity contribution in [1.82, 2.24) is 10.2 Å². The average molecular weight is 397 g/mol. The molecular weight excluding hydrogens is 375 g/mol. The summed E-state index contributed by atoms with van der Waals surface area (Å²) in [7, 11) is 0. The van der Waals surface area contributed by atoms with E-state index in [-0.39, 0.29) is 36.5 Å². The standard InChI is InChI=1S/C19H22F3N3O3/c1-12-6-7-13(11-14(12)19(20,21)22)23-15(26)5-4-10-25-16(27)18(24-17(25)28)8-2-3-9-18/h6-7,11H,2-5,8-10H2,1H3,(H,23,26)(H,24,28). The monoisotopic (exact) mass is 397 g/mol. The molecule has 0 radical (unpaired) electrons. The number of nitrogens with one attached hydrogen (secondary N) is 2. The molecule has 1 aromatic rings. The molecule has 2 fully saturated rings. The molecule has 3 rings (SSSR count). The van der Waals surface area contributed by atoms with E-state index in [1.807, 2.05) is 0 Å². The molecule has 1 aliphatic carbocycles. The lowest BCUT2D eigenvalue weighted by Gasteiger charge is -2.20. The van der Waals surface area contributed by atoms with Gasteiger partial charge in [0.25, 0.3) is 5.91 Å². The van der Waals surface area contributed by atoms with Crippen LogP contribution in [0.4, 0.5) is 23.7 Å². The highest BCUT2D eigenvalue weighted by Gasteiger charge is 2.52. The molecule has 2 aliphatic rings. The van der Waals surface area contributed by atoms with Gasteiger partial charge in [-0.15, -0.1) is 0 Å². The van der Waals surface area contributed by atoms with E-state index in [2.05, 4.69) is 10.6 Å². The highest BCUT2D eigenvalue weighted by atomic mass is 19.4. The Bertz CT molecular complexity index is 801. The molecule has 6 nitrogen and oxygen atoms in total. The van der Waals surface area contributed by atoms with E-state index < -0.39 is 29.2 Å². The lowest BCUT2D eigenvalue weighted by Crippen LogP contribution is -2.44. The summed E-state index contributed by atoms with van der Waals surface area (Å²) in [5.41, 5.74) is -1.45. The summed E-state index contributed by atoms with van der Waals surface area (Å²) in [5, 5.41) is 5.20. The maximum atomic E-state index is 13.0. The van der Waals surface area contributed by atoms with E-state index in [0.29, 0.717) is 12.8 Å². The fourth-order valence-corrected chi connectivity index (χ4v) is 3.82. The quantitative estimate of drug-likeness (QED) is 0.746. The summed E-state index contributed by atoms with van der Waals surface area (Å²) >= 11 is 0. The number of nitrogens with zero attached hydrogens (tertiary/aromatic N) is 1. The minimum Gasteiger partial charge on any atom is -0.326 e. The van der Waals surface area contributed by atoms with E-state index in [1.165, 1.54) is 19.1 Å². The van der Waals surface area contributed by atoms with Gasteiger partial charge in [-0.25, -0.2) is 4.79 Å². The number of anilines is 1. The molecule has 4 amide bonds. The summed E-state index contributed by atoms with van der Waals surface area (Å²) in [6.45, 7) is 1.45. The molecule has 1 spiro atoms. The van der Waals surface area contributed by atoms with E-state index in [0.717, 1.165) is 23.8 Å². The summed E-state index contributed by atoms with van der Waals surface area (Å²) < 4.78 is 38.9. The van der Waals surface area contributed by atoms with Gasteiger partial charge >= 0.3 is 12.2 Å². The van der Waals surface area contributed by atoms with Crippen molar-refractivity contribution in [3.8, 4) is 0 Å². The Kier molecular flexibility index (Phi) is 5.36. The number of hydrogen-bond acceptors (Lipinski definition) is 3. The topological polar surface area (TPSA) is 78.5 Å². The van der Waals surface area contributed by atoms with Gasteiger partial charge in [0.05, 0.1) is 5.56 Å². The average Bonchev–Trinajstić information content (AvgIpc) is 3.16. The van der Waals surface area contributed by atoms with Gasteiger partial charge in [-0.1, -0.05) is 18.9 Å². The minimum atomic E-state index is -4.50. The van der Waals surface area contributed by atoms with Crippen LogP contribution < -0.4 is 10.6 Å². The maximum Gasteiger partial charge on any atom is 0.416 e. The minimum absolute atomic E-state index is 0.0146. The molecule has 0 atom stereocenters. The second kappa shape index (κ2) is 7.44. The number of carbonyl (C=O) groups excluding carboxylic acids is 3. The van der Waals surface area contributed by atoms with Crippen LogP contribution >= 0.6 is 0 Å². The molecule has 0 aromatic heterocycles. The van der Waals surface area contributed by atoms with E-state index in [9.17, 15) is 27.6 Å². The zero-order valence-electron chi connectivity index (χ0n) is 15.5. The van der Waals surface area contributed by atoms with Crippen LogP contribution in [0.1, 0.15) is 49.7 Å². The van der Waals surface area contributed by atoms with Crippen LogP contribution in [0.2, 0.25) is 0 Å². The Morgan fingerprint density at radius 3 is 2.57 bits per heavy atom. The van der Waals surface area contributed by atoms with Crippen LogP contribution in [-0.2, 0) is 15.8 Å². The molecule has 152 valence electrons. The summed E-state index contributed by atoms with van der Waals surface area (Å²) in [6.07, 6.45) is -1.24. The molecule has 1 saturated carbocycles. The second-order valence-corrected chi connectivity index (χ2v) is 7.36. The molecule has 0 unspecified atom stereocenters. The lowest BCUT2D eigenvalue weighted by molar-refractivity contribution is -0.138. The van der Waals surface area contributed by atoms with Crippen molar-refractivity contribution in [2.24, 2.45) is 0 Å². The van der Waals surface area contributed by atoms with Gasteiger partial charge in [0, 0.05) is 18.7 Å². The van der Waals surface area contributed by atoms with Crippen LogP contribution in [0.3, 0.4) is 0 Å². The van der Waals surface area contributed by atoms with Crippen LogP contribution in [0.25, 0.3) is 0 Å². The predicted octanol–water partition coefficient (Wildman–Crippen LogP) is 3.60. The summed E-state index contributed by atoms with van der Waals surface area (Å²) in [4.78, 5) is 37.7. The van der Waals surface area contributed by atoms with Crippen molar-refractivity contribution in [3.63, 3.8) is 0 Å². The van der Waals surface area contributed by atoms with E-state index in [4.69, 9.17) is 0 Å². The molecule has 0 bridgehead atoms. The third kappa shape index (κ3) is 3.98. The highest BCUT2D eigenvalue weighted by molar-refractivity contribution is 6.07. The molecule has 1 aliphatic heterocycles. The predicted molar refractivity (Wildman–Crippen MR) is 95.5 cm³/mol. The van der Waals surface area contributed by atoms with Crippen molar-refractivity contribution in [1.29, 1.82) is 0 Å². The number of alkyl halides is 3. The van der Waals surface area contributed by atoms with Gasteiger partial charge in [-0.3, -0.25) is 14.5 Å². The Balaban J connectivity index is 1.53. The smallest absolute Gasteiger partial charge is 0.326 e. The van der Waals surface area contributed by atoms with Crippen LogP contribution in [0.5, 0.6) is 0 Å². The van der Waals surface area contributed by atoms with Gasteiger partial charge in [0.1, 0.15) is 5.54 Å². The molecule has 1 aromatic carbocycles. The number of amides is 4. The zero-order valence-corrected chi connectivity index (χ0v) is 15.5. The highest BCUT2D eigenvalue weighted by Crippen LogP contribution is 2.35. The maximum absolute atomic E-state index is 13.0. The molecule has 9 heteroatoms. The Morgan fingerprint density at radius 2 is 1.93 bits per heavy atom. The fraction of sp³-hybridized carbons (Fsp3) is 0.526. The normalized spacial score (nSPS) is 18.6. The lowest BCUT2D eigenvalue weighted by atomic mass is 9.98. The molecule has 28 heavy (non-hydrogen) atoms. The Morgan fingerprint density at radius 1 is 1.25 bits per heavy atom. The second-order valence-electron chi connectivity index (χ2n) is 7.36. The first-order valence-electron chi connectivity index (χ1n) is 9.24. The van der Waals surface area contributed by atoms with Gasteiger partial charge < -0.3 is 10.6 Å². The Hall–Kier alpha value is -2.58. The van der Waals surface area contributed by atoms with Crippen molar-refractivity contribution in [3.05, 3.63) is 29.3 Å². The van der Waals surface area contributed by atoms with Crippen LogP contribution in [0, 0.1) is 6.92 Å². The van der Waals surface area contributed by atoms with E-state index in [1.54, 1.807) is 0 Å². The molecular formula is C19H22F3N3O3. The molecule has 2 N–H and O–H groups in total. The third-order valence-electron chi connectivity index (χ3n) is 5.32. The molecule has 1 saturated heterocycles. The summed E-state index contributed by atoms with van der Waals surface area (Å²) in [6, 6.07) is 3.16. The fourth-order valence-electron chi connectivity index (χ4n) is 3.82. The number of imide groups is 1. The van der Waals surface area contributed by atoms with Gasteiger partial charge in [-0.05, 0) is 43.9 Å².